The van der Waals surface area contributed by atoms with Gasteiger partial charge in [0, 0.05) is 11.5 Å². The van der Waals surface area contributed by atoms with Crippen LogP contribution in [-0.4, -0.2) is 15.4 Å². The number of alkyl halides is 1. The highest BCUT2D eigenvalue weighted by Gasteiger charge is 2.03. The van der Waals surface area contributed by atoms with Crippen molar-refractivity contribution in [2.45, 2.75) is 6.10 Å². The van der Waals surface area contributed by atoms with Crippen LogP contribution in [0.4, 0.5) is 0 Å². The third-order valence-electron chi connectivity index (χ3n) is 1.18. The molecule has 1 aromatic heterocycles. The second-order valence-electron chi connectivity index (χ2n) is 1.92. The summed E-state index contributed by atoms with van der Waals surface area (Å²) in [5, 5.41) is 9.75. The normalized spacial score (nSPS) is 13.0. The number of aliphatic hydroxyl groups is 1. The lowest BCUT2D eigenvalue weighted by atomic mass is 10.2. The van der Waals surface area contributed by atoms with Crippen LogP contribution in [0.15, 0.2) is 24.4 Å². The highest BCUT2D eigenvalue weighted by molar-refractivity contribution is 9.09. The number of halogens is 1. The topological polar surface area (TPSA) is 33.1 Å². The van der Waals surface area contributed by atoms with E-state index in [0.29, 0.717) is 11.0 Å². The van der Waals surface area contributed by atoms with Gasteiger partial charge in [-0.05, 0) is 12.1 Å². The number of hydrogen-bond donors (Lipinski definition) is 1. The van der Waals surface area contributed by atoms with Crippen molar-refractivity contribution < 1.29 is 5.11 Å². The van der Waals surface area contributed by atoms with Gasteiger partial charge in [0.2, 0.25) is 0 Å². The van der Waals surface area contributed by atoms with Gasteiger partial charge in [0.25, 0.3) is 0 Å². The van der Waals surface area contributed by atoms with Crippen molar-refractivity contribution in [3.05, 3.63) is 30.1 Å². The van der Waals surface area contributed by atoms with Gasteiger partial charge >= 0.3 is 0 Å². The van der Waals surface area contributed by atoms with Crippen molar-refractivity contribution in [1.82, 2.24) is 4.98 Å². The van der Waals surface area contributed by atoms with Crippen LogP contribution in [0.3, 0.4) is 0 Å². The molecule has 1 heterocycles. The molecule has 0 aliphatic carbocycles. The van der Waals surface area contributed by atoms with Gasteiger partial charge in [-0.3, -0.25) is 4.98 Å². The summed E-state index contributed by atoms with van der Waals surface area (Å²) in [5.41, 5.74) is 0.708. The molecule has 2 nitrogen and oxygen atoms in total. The van der Waals surface area contributed by atoms with Crippen LogP contribution in [0.2, 0.25) is 0 Å². The monoisotopic (exact) mass is 201 g/mol. The molecule has 0 aromatic carbocycles. The van der Waals surface area contributed by atoms with E-state index in [2.05, 4.69) is 20.9 Å². The summed E-state index contributed by atoms with van der Waals surface area (Å²) in [6, 6.07) is 5.48. The maximum absolute atomic E-state index is 9.22. The lowest BCUT2D eigenvalue weighted by Crippen LogP contribution is -1.99. The number of pyridine rings is 1. The molecule has 10 heavy (non-hydrogen) atoms. The lowest BCUT2D eigenvalue weighted by Gasteiger charge is -2.03. The Bertz CT molecular complexity index is 190. The number of aromatic nitrogens is 1. The van der Waals surface area contributed by atoms with E-state index in [9.17, 15) is 5.11 Å². The average molecular weight is 202 g/mol. The van der Waals surface area contributed by atoms with Crippen molar-refractivity contribution in [2.75, 3.05) is 5.33 Å². The summed E-state index contributed by atoms with van der Waals surface area (Å²) in [5.74, 6) is 0. The summed E-state index contributed by atoms with van der Waals surface area (Å²) >= 11 is 3.16. The molecule has 0 fully saturated rings. The predicted octanol–water partition coefficient (Wildman–Crippen LogP) is 1.51. The zero-order chi connectivity index (χ0) is 7.40. The third-order valence-corrected chi connectivity index (χ3v) is 1.79. The van der Waals surface area contributed by atoms with E-state index in [0.717, 1.165) is 0 Å². The van der Waals surface area contributed by atoms with Crippen molar-refractivity contribution in [2.24, 2.45) is 0 Å². The summed E-state index contributed by atoms with van der Waals surface area (Å²) in [4.78, 5) is 3.97. The summed E-state index contributed by atoms with van der Waals surface area (Å²) < 4.78 is 0. The minimum atomic E-state index is -0.485. The van der Waals surface area contributed by atoms with Gasteiger partial charge in [-0.15, -0.1) is 0 Å². The standard InChI is InChI=1S/C7H8BrNO/c8-5-7(10)6-3-1-2-4-9-6/h1-4,7,10H,5H2/t7-/m1/s1. The molecule has 0 aliphatic heterocycles. The molecule has 3 heteroatoms. The molecule has 0 saturated carbocycles. The Morgan fingerprint density at radius 3 is 2.90 bits per heavy atom. The van der Waals surface area contributed by atoms with Crippen molar-refractivity contribution in [3.8, 4) is 0 Å². The average Bonchev–Trinajstić information content (AvgIpc) is 2.05. The molecule has 0 radical (unpaired) electrons. The van der Waals surface area contributed by atoms with E-state index in [1.165, 1.54) is 0 Å². The highest BCUT2D eigenvalue weighted by Crippen LogP contribution is 2.10. The number of nitrogens with zero attached hydrogens (tertiary/aromatic N) is 1. The molecule has 0 saturated heterocycles. The first kappa shape index (κ1) is 7.69. The van der Waals surface area contributed by atoms with Crippen molar-refractivity contribution in [1.29, 1.82) is 0 Å². The van der Waals surface area contributed by atoms with Gasteiger partial charge in [-0.25, -0.2) is 0 Å². The fourth-order valence-electron chi connectivity index (χ4n) is 0.652. The predicted molar refractivity (Wildman–Crippen MR) is 43.0 cm³/mol. The Hall–Kier alpha value is -0.410. The maximum atomic E-state index is 9.22. The van der Waals surface area contributed by atoms with E-state index in [4.69, 9.17) is 0 Å². The van der Waals surface area contributed by atoms with Gasteiger partial charge in [-0.1, -0.05) is 22.0 Å². The third kappa shape index (κ3) is 1.78. The minimum Gasteiger partial charge on any atom is -0.386 e. The first-order valence-corrected chi connectivity index (χ1v) is 4.11. The molecule has 54 valence electrons. The Morgan fingerprint density at radius 1 is 1.60 bits per heavy atom. The van der Waals surface area contributed by atoms with Crippen LogP contribution >= 0.6 is 15.9 Å². The Kier molecular flexibility index (Phi) is 2.83. The molecule has 1 aromatic rings. The van der Waals surface area contributed by atoms with Gasteiger partial charge < -0.3 is 5.11 Å². The van der Waals surface area contributed by atoms with Gasteiger partial charge in [0.1, 0.15) is 6.10 Å². The Balaban J connectivity index is 2.75. The van der Waals surface area contributed by atoms with Crippen LogP contribution in [0.5, 0.6) is 0 Å². The SMILES string of the molecule is O[C@H](CBr)c1ccccn1. The number of rotatable bonds is 2. The maximum Gasteiger partial charge on any atom is 0.106 e. The first-order chi connectivity index (χ1) is 4.84. The second kappa shape index (κ2) is 3.68. The van der Waals surface area contributed by atoms with E-state index < -0.39 is 6.10 Å². The molecule has 1 atom stereocenters. The molecule has 0 bridgehead atoms. The summed E-state index contributed by atoms with van der Waals surface area (Å²) in [7, 11) is 0. The smallest absolute Gasteiger partial charge is 0.106 e. The Labute approximate surface area is 68.0 Å². The molecule has 0 aliphatic rings. The van der Waals surface area contributed by atoms with E-state index in [1.807, 2.05) is 12.1 Å². The van der Waals surface area contributed by atoms with Crippen LogP contribution in [0.1, 0.15) is 11.8 Å². The largest absolute Gasteiger partial charge is 0.386 e. The highest BCUT2D eigenvalue weighted by atomic mass is 79.9. The van der Waals surface area contributed by atoms with Crippen molar-refractivity contribution in [3.63, 3.8) is 0 Å². The Morgan fingerprint density at radius 2 is 2.40 bits per heavy atom. The van der Waals surface area contributed by atoms with Crippen LogP contribution in [0.25, 0.3) is 0 Å². The fraction of sp³-hybridized carbons (Fsp3) is 0.286. The summed E-state index contributed by atoms with van der Waals surface area (Å²) in [6.45, 7) is 0. The molecular formula is C7H8BrNO. The van der Waals surface area contributed by atoms with E-state index in [-0.39, 0.29) is 0 Å². The van der Waals surface area contributed by atoms with Crippen LogP contribution in [-0.2, 0) is 0 Å². The fourth-order valence-corrected chi connectivity index (χ4v) is 0.984. The van der Waals surface area contributed by atoms with Gasteiger partial charge in [0.05, 0.1) is 5.69 Å². The van der Waals surface area contributed by atoms with Gasteiger partial charge in [-0.2, -0.15) is 0 Å². The quantitative estimate of drug-likeness (QED) is 0.737. The molecule has 0 amide bonds. The molecular weight excluding hydrogens is 194 g/mol. The van der Waals surface area contributed by atoms with Crippen molar-refractivity contribution >= 4 is 15.9 Å². The second-order valence-corrected chi connectivity index (χ2v) is 2.57. The first-order valence-electron chi connectivity index (χ1n) is 2.99. The van der Waals surface area contributed by atoms with Crippen LogP contribution < -0.4 is 0 Å². The molecule has 1 N–H and O–H groups in total. The molecule has 0 spiro atoms. The number of aliphatic hydroxyl groups excluding tert-OH is 1. The van der Waals surface area contributed by atoms with Gasteiger partial charge in [0.15, 0.2) is 0 Å². The lowest BCUT2D eigenvalue weighted by molar-refractivity contribution is 0.200. The zero-order valence-electron chi connectivity index (χ0n) is 5.37. The number of hydrogen-bond acceptors (Lipinski definition) is 2. The summed E-state index contributed by atoms with van der Waals surface area (Å²) in [6.07, 6.45) is 1.18. The van der Waals surface area contributed by atoms with E-state index >= 15 is 0 Å². The van der Waals surface area contributed by atoms with E-state index in [1.54, 1.807) is 12.3 Å². The molecule has 0 unspecified atom stereocenters. The zero-order valence-corrected chi connectivity index (χ0v) is 6.95. The van der Waals surface area contributed by atoms with Crippen LogP contribution in [0, 0.1) is 0 Å². The molecule has 1 rings (SSSR count). The minimum absolute atomic E-state index is 0.485.